The molecule has 1 aromatic carbocycles. The second kappa shape index (κ2) is 7.30. The van der Waals surface area contributed by atoms with E-state index in [0.717, 1.165) is 35.7 Å². The van der Waals surface area contributed by atoms with Crippen molar-refractivity contribution < 1.29 is 0 Å². The van der Waals surface area contributed by atoms with Crippen molar-refractivity contribution in [1.29, 1.82) is 0 Å². The van der Waals surface area contributed by atoms with Crippen LogP contribution in [0.3, 0.4) is 0 Å². The summed E-state index contributed by atoms with van der Waals surface area (Å²) in [5.74, 6) is 0. The van der Waals surface area contributed by atoms with E-state index in [1.54, 1.807) is 0 Å². The molecule has 0 fully saturated rings. The van der Waals surface area contributed by atoms with Gasteiger partial charge in [0.25, 0.3) is 0 Å². The molecule has 0 saturated heterocycles. The summed E-state index contributed by atoms with van der Waals surface area (Å²) in [4.78, 5) is 0. The first-order valence-electron chi connectivity index (χ1n) is 7.26. The zero-order chi connectivity index (χ0) is 15.4. The highest BCUT2D eigenvalue weighted by Crippen LogP contribution is 2.28. The van der Waals surface area contributed by atoms with Gasteiger partial charge in [-0.2, -0.15) is 5.10 Å². The molecule has 0 aliphatic heterocycles. The second-order valence-corrected chi connectivity index (χ2v) is 5.85. The maximum Gasteiger partial charge on any atom is 0.0624 e. The fraction of sp³-hybridized carbons (Fsp3) is 0.438. The quantitative estimate of drug-likeness (QED) is 0.859. The van der Waals surface area contributed by atoms with Crippen LogP contribution in [0.4, 0.5) is 0 Å². The van der Waals surface area contributed by atoms with Gasteiger partial charge in [0.15, 0.2) is 0 Å². The molecule has 1 aromatic heterocycles. The third kappa shape index (κ3) is 3.79. The van der Waals surface area contributed by atoms with E-state index in [1.165, 1.54) is 5.69 Å². The Morgan fingerprint density at radius 2 is 2.00 bits per heavy atom. The van der Waals surface area contributed by atoms with E-state index >= 15 is 0 Å². The Hall–Kier alpha value is -1.03. The van der Waals surface area contributed by atoms with Gasteiger partial charge in [0, 0.05) is 34.7 Å². The number of nitrogens with one attached hydrogen (secondary N) is 1. The first-order valence-corrected chi connectivity index (χ1v) is 8.02. The van der Waals surface area contributed by atoms with Crippen LogP contribution in [0.5, 0.6) is 0 Å². The number of benzene rings is 1. The normalized spacial score (nSPS) is 12.6. The van der Waals surface area contributed by atoms with Gasteiger partial charge in [0.2, 0.25) is 0 Å². The molecule has 114 valence electrons. The van der Waals surface area contributed by atoms with Crippen LogP contribution < -0.4 is 5.32 Å². The minimum atomic E-state index is 0.114. The third-order valence-electron chi connectivity index (χ3n) is 3.67. The van der Waals surface area contributed by atoms with Gasteiger partial charge in [0.1, 0.15) is 0 Å². The van der Waals surface area contributed by atoms with Crippen LogP contribution in [0, 0.1) is 0 Å². The van der Waals surface area contributed by atoms with Gasteiger partial charge in [0.05, 0.1) is 5.69 Å². The van der Waals surface area contributed by atoms with Gasteiger partial charge in [-0.3, -0.25) is 4.68 Å². The fourth-order valence-corrected chi connectivity index (χ4v) is 2.91. The SMILES string of the molecule is CCc1cc(CC(NC)c2cc(Cl)ccc2Cl)n(CC)n1. The van der Waals surface area contributed by atoms with Crippen molar-refractivity contribution in [3.05, 3.63) is 51.3 Å². The Morgan fingerprint density at radius 1 is 1.24 bits per heavy atom. The molecule has 0 aliphatic rings. The summed E-state index contributed by atoms with van der Waals surface area (Å²) >= 11 is 12.4. The molecular weight excluding hydrogens is 305 g/mol. The van der Waals surface area contributed by atoms with Crippen molar-refractivity contribution in [2.45, 2.75) is 39.3 Å². The third-order valence-corrected chi connectivity index (χ3v) is 4.25. The van der Waals surface area contributed by atoms with E-state index in [0.29, 0.717) is 5.02 Å². The highest BCUT2D eigenvalue weighted by Gasteiger charge is 2.17. The molecule has 1 N–H and O–H groups in total. The van der Waals surface area contributed by atoms with Crippen LogP contribution in [-0.4, -0.2) is 16.8 Å². The van der Waals surface area contributed by atoms with Crippen molar-refractivity contribution >= 4 is 23.2 Å². The van der Waals surface area contributed by atoms with Gasteiger partial charge in [-0.25, -0.2) is 0 Å². The lowest BCUT2D eigenvalue weighted by Crippen LogP contribution is -2.21. The summed E-state index contributed by atoms with van der Waals surface area (Å²) in [7, 11) is 1.94. The Labute approximate surface area is 136 Å². The summed E-state index contributed by atoms with van der Waals surface area (Å²) in [6.07, 6.45) is 1.78. The number of halogens is 2. The first-order chi connectivity index (χ1) is 10.1. The van der Waals surface area contributed by atoms with Crippen LogP contribution in [-0.2, 0) is 19.4 Å². The summed E-state index contributed by atoms with van der Waals surface area (Å²) in [5.41, 5.74) is 3.36. The first kappa shape index (κ1) is 16.3. The van der Waals surface area contributed by atoms with E-state index < -0.39 is 0 Å². The summed E-state index contributed by atoms with van der Waals surface area (Å²) in [6.45, 7) is 5.10. The van der Waals surface area contributed by atoms with E-state index in [-0.39, 0.29) is 6.04 Å². The van der Waals surface area contributed by atoms with Crippen molar-refractivity contribution in [1.82, 2.24) is 15.1 Å². The van der Waals surface area contributed by atoms with Gasteiger partial charge >= 0.3 is 0 Å². The summed E-state index contributed by atoms with van der Waals surface area (Å²) < 4.78 is 2.06. The maximum absolute atomic E-state index is 6.32. The number of rotatable bonds is 6. The van der Waals surface area contributed by atoms with Crippen molar-refractivity contribution in [3.63, 3.8) is 0 Å². The van der Waals surface area contributed by atoms with Gasteiger partial charge in [-0.15, -0.1) is 0 Å². The Balaban J connectivity index is 2.30. The highest BCUT2D eigenvalue weighted by molar-refractivity contribution is 6.33. The molecule has 5 heteroatoms. The molecular formula is C16H21Cl2N3. The average molecular weight is 326 g/mol. The predicted molar refractivity (Wildman–Crippen MR) is 89.2 cm³/mol. The van der Waals surface area contributed by atoms with Crippen LogP contribution >= 0.6 is 23.2 Å². The second-order valence-electron chi connectivity index (χ2n) is 5.01. The molecule has 21 heavy (non-hydrogen) atoms. The number of aryl methyl sites for hydroxylation is 2. The Kier molecular flexibility index (Phi) is 5.68. The number of likely N-dealkylation sites (N-methyl/N-ethyl adjacent to an activating group) is 1. The van der Waals surface area contributed by atoms with Gasteiger partial charge in [-0.05, 0) is 50.2 Å². The van der Waals surface area contributed by atoms with Crippen LogP contribution in [0.15, 0.2) is 24.3 Å². The molecule has 2 aromatic rings. The standard InChI is InChI=1S/C16H21Cl2N3/c1-4-12-9-13(21(5-2)20-12)10-16(19-3)14-8-11(17)6-7-15(14)18/h6-9,16,19H,4-5,10H2,1-3H3. The van der Waals surface area contributed by atoms with E-state index in [2.05, 4.69) is 35.0 Å². The van der Waals surface area contributed by atoms with Gasteiger partial charge in [-0.1, -0.05) is 30.1 Å². The summed E-state index contributed by atoms with van der Waals surface area (Å²) in [6, 6.07) is 7.87. The molecule has 0 radical (unpaired) electrons. The molecule has 0 spiro atoms. The van der Waals surface area contributed by atoms with E-state index in [9.17, 15) is 0 Å². The monoisotopic (exact) mass is 325 g/mol. The zero-order valence-corrected chi connectivity index (χ0v) is 14.2. The molecule has 0 aliphatic carbocycles. The number of nitrogens with zero attached hydrogens (tertiary/aromatic N) is 2. The fourth-order valence-electron chi connectivity index (χ4n) is 2.48. The number of hydrogen-bond donors (Lipinski definition) is 1. The molecule has 0 bridgehead atoms. The number of aromatic nitrogens is 2. The van der Waals surface area contributed by atoms with Gasteiger partial charge < -0.3 is 5.32 Å². The molecule has 1 heterocycles. The Morgan fingerprint density at radius 3 is 2.62 bits per heavy atom. The van der Waals surface area contributed by atoms with Crippen LogP contribution in [0.2, 0.25) is 10.0 Å². The molecule has 2 rings (SSSR count). The average Bonchev–Trinajstić information content (AvgIpc) is 2.89. The minimum Gasteiger partial charge on any atom is -0.313 e. The lowest BCUT2D eigenvalue weighted by Gasteiger charge is -2.19. The smallest absolute Gasteiger partial charge is 0.0624 e. The lowest BCUT2D eigenvalue weighted by atomic mass is 10.0. The Bertz CT molecular complexity index is 608. The predicted octanol–water partition coefficient (Wildman–Crippen LogP) is 4.28. The molecule has 1 atom stereocenters. The highest BCUT2D eigenvalue weighted by atomic mass is 35.5. The van der Waals surface area contributed by atoms with Crippen LogP contribution in [0.25, 0.3) is 0 Å². The van der Waals surface area contributed by atoms with Crippen molar-refractivity contribution in [2.75, 3.05) is 7.05 Å². The maximum atomic E-state index is 6.32. The van der Waals surface area contributed by atoms with E-state index in [1.807, 2.05) is 25.2 Å². The molecule has 0 amide bonds. The number of hydrogen-bond acceptors (Lipinski definition) is 2. The largest absolute Gasteiger partial charge is 0.313 e. The van der Waals surface area contributed by atoms with Crippen molar-refractivity contribution in [2.24, 2.45) is 0 Å². The lowest BCUT2D eigenvalue weighted by molar-refractivity contribution is 0.540. The van der Waals surface area contributed by atoms with Crippen LogP contribution in [0.1, 0.15) is 36.8 Å². The summed E-state index contributed by atoms with van der Waals surface area (Å²) in [5, 5.41) is 9.36. The minimum absolute atomic E-state index is 0.114. The zero-order valence-electron chi connectivity index (χ0n) is 12.7. The molecule has 1 unspecified atom stereocenters. The van der Waals surface area contributed by atoms with E-state index in [4.69, 9.17) is 23.2 Å². The molecule has 3 nitrogen and oxygen atoms in total. The van der Waals surface area contributed by atoms with Crippen molar-refractivity contribution in [3.8, 4) is 0 Å². The molecule has 0 saturated carbocycles. The topological polar surface area (TPSA) is 29.9 Å².